The fourth-order valence-electron chi connectivity index (χ4n) is 3.85. The molecule has 152 valence electrons. The number of nitrogens with zero attached hydrogens (tertiary/aromatic N) is 5. The first-order valence-electron chi connectivity index (χ1n) is 9.85. The summed E-state index contributed by atoms with van der Waals surface area (Å²) in [5.74, 6) is 0.971. The highest BCUT2D eigenvalue weighted by Crippen LogP contribution is 2.23. The molecule has 1 atom stereocenters. The maximum Gasteiger partial charge on any atom is 0.194 e. The summed E-state index contributed by atoms with van der Waals surface area (Å²) < 4.78 is 3.07. The lowest BCUT2D eigenvalue weighted by Gasteiger charge is -2.39. The zero-order valence-corrected chi connectivity index (χ0v) is 19.1. The fraction of sp³-hybridized carbons (Fsp3) is 0.524. The van der Waals surface area contributed by atoms with Gasteiger partial charge in [0, 0.05) is 68.6 Å². The van der Waals surface area contributed by atoms with Crippen LogP contribution in [0.25, 0.3) is 0 Å². The molecule has 1 N–H and O–H groups in total. The normalized spacial score (nSPS) is 17.1. The van der Waals surface area contributed by atoms with E-state index in [1.165, 1.54) is 16.8 Å². The number of guanidine groups is 1. The molecule has 2 aromatic rings. The summed E-state index contributed by atoms with van der Waals surface area (Å²) in [6.45, 7) is 11.2. The number of aliphatic imine (C=N–C) groups is 1. The Kier molecular flexibility index (Phi) is 6.78. The third kappa shape index (κ3) is 4.58. The lowest BCUT2D eigenvalue weighted by molar-refractivity contribution is 0.138. The van der Waals surface area contributed by atoms with Crippen molar-refractivity contribution >= 4 is 21.9 Å². The highest BCUT2D eigenvalue weighted by molar-refractivity contribution is 9.10. The second-order valence-corrected chi connectivity index (χ2v) is 8.34. The second kappa shape index (κ2) is 9.09. The van der Waals surface area contributed by atoms with E-state index < -0.39 is 0 Å². The molecule has 0 aliphatic carbocycles. The van der Waals surface area contributed by atoms with Crippen molar-refractivity contribution in [1.82, 2.24) is 24.9 Å². The van der Waals surface area contributed by atoms with E-state index in [1.807, 2.05) is 18.8 Å². The Morgan fingerprint density at radius 3 is 2.36 bits per heavy atom. The molecule has 2 heterocycles. The van der Waals surface area contributed by atoms with Gasteiger partial charge in [-0.05, 0) is 38.5 Å². The molecule has 0 spiro atoms. The molecule has 6 nitrogen and oxygen atoms in total. The van der Waals surface area contributed by atoms with E-state index in [0.717, 1.165) is 48.8 Å². The van der Waals surface area contributed by atoms with Gasteiger partial charge in [0.05, 0.1) is 5.69 Å². The highest BCUT2D eigenvalue weighted by Gasteiger charge is 2.24. The van der Waals surface area contributed by atoms with Crippen LogP contribution in [0.3, 0.4) is 0 Å². The molecular weight excluding hydrogens is 416 g/mol. The second-order valence-electron chi connectivity index (χ2n) is 7.42. The minimum absolute atomic E-state index is 0.422. The first kappa shape index (κ1) is 20.9. The van der Waals surface area contributed by atoms with E-state index in [4.69, 9.17) is 0 Å². The van der Waals surface area contributed by atoms with Crippen LogP contribution in [0.4, 0.5) is 0 Å². The van der Waals surface area contributed by atoms with Gasteiger partial charge in [0.1, 0.15) is 0 Å². The van der Waals surface area contributed by atoms with Crippen molar-refractivity contribution in [3.63, 3.8) is 0 Å². The quantitative estimate of drug-likeness (QED) is 0.578. The van der Waals surface area contributed by atoms with Gasteiger partial charge in [0.2, 0.25) is 0 Å². The number of halogens is 1. The zero-order valence-electron chi connectivity index (χ0n) is 17.5. The van der Waals surface area contributed by atoms with Crippen LogP contribution in [-0.4, -0.2) is 58.8 Å². The van der Waals surface area contributed by atoms with Crippen molar-refractivity contribution in [2.24, 2.45) is 12.0 Å². The van der Waals surface area contributed by atoms with Crippen LogP contribution in [-0.2, 0) is 13.6 Å². The van der Waals surface area contributed by atoms with Crippen LogP contribution in [0.5, 0.6) is 0 Å². The predicted molar refractivity (Wildman–Crippen MR) is 119 cm³/mol. The van der Waals surface area contributed by atoms with Crippen molar-refractivity contribution in [3.05, 3.63) is 51.3 Å². The van der Waals surface area contributed by atoms with Crippen molar-refractivity contribution in [1.29, 1.82) is 0 Å². The van der Waals surface area contributed by atoms with Gasteiger partial charge < -0.3 is 10.2 Å². The van der Waals surface area contributed by atoms with Crippen molar-refractivity contribution < 1.29 is 0 Å². The molecule has 1 fully saturated rings. The van der Waals surface area contributed by atoms with Crippen LogP contribution in [0.2, 0.25) is 0 Å². The Morgan fingerprint density at radius 2 is 1.82 bits per heavy atom. The van der Waals surface area contributed by atoms with Gasteiger partial charge >= 0.3 is 0 Å². The molecule has 7 heteroatoms. The molecule has 0 saturated carbocycles. The average molecular weight is 447 g/mol. The molecular formula is C21H31BrN6. The number of hydrogen-bond acceptors (Lipinski definition) is 3. The van der Waals surface area contributed by atoms with E-state index in [1.54, 1.807) is 0 Å². The van der Waals surface area contributed by atoms with Gasteiger partial charge in [-0.15, -0.1) is 0 Å². The minimum Gasteiger partial charge on any atom is -0.352 e. The SMILES string of the molecule is CN=C(NCc1c(C)nn(C)c1C)N1CCN(C(C)c2ccc(Br)cc2)CC1. The number of aromatic nitrogens is 2. The van der Waals surface area contributed by atoms with Crippen molar-refractivity contribution in [3.8, 4) is 0 Å². The highest BCUT2D eigenvalue weighted by atomic mass is 79.9. The Morgan fingerprint density at radius 1 is 1.18 bits per heavy atom. The van der Waals surface area contributed by atoms with Gasteiger partial charge in [-0.25, -0.2) is 0 Å². The first-order chi connectivity index (χ1) is 13.4. The van der Waals surface area contributed by atoms with Crippen LogP contribution < -0.4 is 5.32 Å². The van der Waals surface area contributed by atoms with Crippen LogP contribution >= 0.6 is 15.9 Å². The zero-order chi connectivity index (χ0) is 20.3. The summed E-state index contributed by atoms with van der Waals surface area (Å²) in [6, 6.07) is 9.08. The van der Waals surface area contributed by atoms with Gasteiger partial charge in [-0.3, -0.25) is 14.6 Å². The third-order valence-corrected chi connectivity index (χ3v) is 6.34. The summed E-state index contributed by atoms with van der Waals surface area (Å²) in [7, 11) is 3.86. The molecule has 1 aromatic heterocycles. The average Bonchev–Trinajstić information content (AvgIpc) is 2.94. The third-order valence-electron chi connectivity index (χ3n) is 5.81. The van der Waals surface area contributed by atoms with Crippen LogP contribution in [0.1, 0.15) is 35.5 Å². The predicted octanol–water partition coefficient (Wildman–Crippen LogP) is 3.25. The molecule has 1 unspecified atom stereocenters. The molecule has 0 radical (unpaired) electrons. The Hall–Kier alpha value is -1.86. The Balaban J connectivity index is 1.56. The van der Waals surface area contributed by atoms with E-state index >= 15 is 0 Å². The van der Waals surface area contributed by atoms with Gasteiger partial charge in [0.15, 0.2) is 5.96 Å². The summed E-state index contributed by atoms with van der Waals surface area (Å²) in [5.41, 5.74) is 4.90. The smallest absolute Gasteiger partial charge is 0.194 e. The summed E-state index contributed by atoms with van der Waals surface area (Å²) in [6.07, 6.45) is 0. The maximum atomic E-state index is 4.51. The molecule has 3 rings (SSSR count). The van der Waals surface area contributed by atoms with Crippen LogP contribution in [0.15, 0.2) is 33.7 Å². The number of benzene rings is 1. The molecule has 28 heavy (non-hydrogen) atoms. The number of rotatable bonds is 4. The molecule has 0 amide bonds. The molecule has 0 bridgehead atoms. The topological polar surface area (TPSA) is 48.7 Å². The summed E-state index contributed by atoms with van der Waals surface area (Å²) in [4.78, 5) is 9.41. The Labute approximate surface area is 176 Å². The minimum atomic E-state index is 0.422. The maximum absolute atomic E-state index is 4.51. The standard InChI is InChI=1S/C21H31BrN6/c1-15-20(17(3)26(5)25-15)14-24-21(23-4)28-12-10-27(11-13-28)16(2)18-6-8-19(22)9-7-18/h6-9,16H,10-14H2,1-5H3,(H,23,24). The molecule has 1 saturated heterocycles. The first-order valence-corrected chi connectivity index (χ1v) is 10.6. The number of hydrogen-bond donors (Lipinski definition) is 1. The monoisotopic (exact) mass is 446 g/mol. The van der Waals surface area contributed by atoms with Crippen LogP contribution in [0, 0.1) is 13.8 Å². The lowest BCUT2D eigenvalue weighted by atomic mass is 10.1. The number of piperazine rings is 1. The number of nitrogens with one attached hydrogen (secondary N) is 1. The number of aryl methyl sites for hydroxylation is 2. The van der Waals surface area contributed by atoms with Crippen molar-refractivity contribution in [2.45, 2.75) is 33.4 Å². The largest absolute Gasteiger partial charge is 0.352 e. The van der Waals surface area contributed by atoms with E-state index in [-0.39, 0.29) is 0 Å². The lowest BCUT2D eigenvalue weighted by Crippen LogP contribution is -2.52. The molecule has 1 aliphatic rings. The summed E-state index contributed by atoms with van der Waals surface area (Å²) in [5, 5.41) is 8.04. The van der Waals surface area contributed by atoms with Gasteiger partial charge in [0.25, 0.3) is 0 Å². The molecule has 1 aromatic carbocycles. The van der Waals surface area contributed by atoms with E-state index in [9.17, 15) is 0 Å². The fourth-order valence-corrected chi connectivity index (χ4v) is 4.11. The van der Waals surface area contributed by atoms with Gasteiger partial charge in [-0.2, -0.15) is 5.10 Å². The van der Waals surface area contributed by atoms with E-state index in [0.29, 0.717) is 6.04 Å². The summed E-state index contributed by atoms with van der Waals surface area (Å²) >= 11 is 3.52. The Bertz CT molecular complexity index is 818. The van der Waals surface area contributed by atoms with Gasteiger partial charge in [-0.1, -0.05) is 28.1 Å². The van der Waals surface area contributed by atoms with E-state index in [2.05, 4.69) is 86.2 Å². The van der Waals surface area contributed by atoms with Crippen molar-refractivity contribution in [2.75, 3.05) is 33.2 Å². The molecule has 1 aliphatic heterocycles.